The fourth-order valence-corrected chi connectivity index (χ4v) is 2.53. The van der Waals surface area contributed by atoms with Crippen LogP contribution in [0.2, 0.25) is 0 Å². The lowest BCUT2D eigenvalue weighted by Crippen LogP contribution is -2.43. The first-order valence-corrected chi connectivity index (χ1v) is 6.86. The van der Waals surface area contributed by atoms with Gasteiger partial charge in [0.15, 0.2) is 0 Å². The number of carboxylic acids is 1. The number of hydrogen-bond acceptors (Lipinski definition) is 3. The zero-order valence-electron chi connectivity index (χ0n) is 12.3. The van der Waals surface area contributed by atoms with Crippen LogP contribution in [0.1, 0.15) is 52.9 Å². The van der Waals surface area contributed by atoms with Crippen LogP contribution in [0.3, 0.4) is 0 Å². The van der Waals surface area contributed by atoms with Crippen molar-refractivity contribution in [3.63, 3.8) is 0 Å². The zero-order valence-corrected chi connectivity index (χ0v) is 12.3. The summed E-state index contributed by atoms with van der Waals surface area (Å²) in [6.07, 6.45) is 3.45. The van der Waals surface area contributed by atoms with Gasteiger partial charge in [-0.15, -0.1) is 0 Å². The Morgan fingerprint density at radius 3 is 2.47 bits per heavy atom. The van der Waals surface area contributed by atoms with Crippen LogP contribution in [0, 0.1) is 5.92 Å². The third-order valence-electron chi connectivity index (χ3n) is 3.45. The maximum absolute atomic E-state index is 12.0. The van der Waals surface area contributed by atoms with E-state index < -0.39 is 11.6 Å². The molecule has 0 aromatic rings. The van der Waals surface area contributed by atoms with Crippen molar-refractivity contribution >= 4 is 12.1 Å². The number of rotatable bonds is 3. The van der Waals surface area contributed by atoms with Crippen molar-refractivity contribution in [1.82, 2.24) is 4.90 Å². The Balaban J connectivity index is 2.54. The highest BCUT2D eigenvalue weighted by molar-refractivity contribution is 5.68. The summed E-state index contributed by atoms with van der Waals surface area (Å²) in [4.78, 5) is 24.4. The molecule has 2 unspecified atom stereocenters. The predicted octanol–water partition coefficient (Wildman–Crippen LogP) is 2.89. The fourth-order valence-electron chi connectivity index (χ4n) is 2.53. The minimum absolute atomic E-state index is 0.0907. The van der Waals surface area contributed by atoms with Crippen LogP contribution in [0.4, 0.5) is 4.79 Å². The first-order chi connectivity index (χ1) is 8.69. The van der Waals surface area contributed by atoms with Crippen molar-refractivity contribution in [2.24, 2.45) is 5.92 Å². The summed E-state index contributed by atoms with van der Waals surface area (Å²) >= 11 is 0. The van der Waals surface area contributed by atoms with Gasteiger partial charge in [0, 0.05) is 19.5 Å². The second-order valence-corrected chi connectivity index (χ2v) is 6.38. The summed E-state index contributed by atoms with van der Waals surface area (Å²) in [5.74, 6) is -0.591. The number of nitrogens with zero attached hydrogens (tertiary/aromatic N) is 1. The maximum atomic E-state index is 12.0. The summed E-state index contributed by atoms with van der Waals surface area (Å²) < 4.78 is 5.34. The van der Waals surface area contributed by atoms with Gasteiger partial charge in [0.2, 0.25) is 0 Å². The van der Waals surface area contributed by atoms with Crippen LogP contribution in [0.15, 0.2) is 0 Å². The van der Waals surface area contributed by atoms with Crippen molar-refractivity contribution in [2.45, 2.75) is 64.5 Å². The van der Waals surface area contributed by atoms with Crippen LogP contribution in [0.25, 0.3) is 0 Å². The van der Waals surface area contributed by atoms with Crippen molar-refractivity contribution in [3.05, 3.63) is 0 Å². The molecular weight excluding hydrogens is 246 g/mol. The van der Waals surface area contributed by atoms with Crippen LogP contribution >= 0.6 is 0 Å². The van der Waals surface area contributed by atoms with Crippen LogP contribution in [0.5, 0.6) is 0 Å². The number of hydrogen-bond donors (Lipinski definition) is 1. The molecule has 1 amide bonds. The molecule has 19 heavy (non-hydrogen) atoms. The Bertz CT molecular complexity index is 335. The topological polar surface area (TPSA) is 66.8 Å². The first-order valence-electron chi connectivity index (χ1n) is 6.86. The number of aliphatic carboxylic acids is 1. The number of amides is 1. The number of carbonyl (C=O) groups excluding carboxylic acids is 1. The van der Waals surface area contributed by atoms with E-state index in [1.165, 1.54) is 0 Å². The molecule has 0 aromatic heterocycles. The molecule has 0 bridgehead atoms. The van der Waals surface area contributed by atoms with E-state index in [9.17, 15) is 9.59 Å². The molecule has 1 rings (SSSR count). The molecule has 0 heterocycles. The molecular formula is C14H25NO4. The third-order valence-corrected chi connectivity index (χ3v) is 3.45. The highest BCUT2D eigenvalue weighted by Gasteiger charge is 2.30. The Morgan fingerprint density at radius 1 is 1.32 bits per heavy atom. The average Bonchev–Trinajstić information content (AvgIpc) is 2.25. The Morgan fingerprint density at radius 2 is 1.95 bits per heavy atom. The lowest BCUT2D eigenvalue weighted by molar-refractivity contribution is -0.138. The Hall–Kier alpha value is -1.26. The van der Waals surface area contributed by atoms with E-state index in [1.807, 2.05) is 20.8 Å². The molecule has 5 heteroatoms. The van der Waals surface area contributed by atoms with E-state index in [1.54, 1.807) is 11.9 Å². The smallest absolute Gasteiger partial charge is 0.410 e. The largest absolute Gasteiger partial charge is 0.481 e. The Kier molecular flexibility index (Phi) is 5.20. The van der Waals surface area contributed by atoms with Gasteiger partial charge in [0.25, 0.3) is 0 Å². The third kappa shape index (κ3) is 5.49. The van der Waals surface area contributed by atoms with Gasteiger partial charge >= 0.3 is 12.1 Å². The standard InChI is InChI=1S/C14H25NO4/c1-14(2,3)19-13(18)15(4)11-7-5-6-10(8-11)9-12(16)17/h10-11H,5-9H2,1-4H3,(H,16,17). The monoisotopic (exact) mass is 271 g/mol. The molecule has 1 fully saturated rings. The quantitative estimate of drug-likeness (QED) is 0.857. The van der Waals surface area contributed by atoms with E-state index in [-0.39, 0.29) is 24.5 Å². The molecule has 1 N–H and O–H groups in total. The Labute approximate surface area is 114 Å². The molecule has 0 radical (unpaired) electrons. The number of carbonyl (C=O) groups is 2. The van der Waals surface area contributed by atoms with Crippen LogP contribution in [-0.4, -0.2) is 40.8 Å². The minimum Gasteiger partial charge on any atom is -0.481 e. The summed E-state index contributed by atoms with van der Waals surface area (Å²) in [5, 5.41) is 8.85. The molecule has 110 valence electrons. The van der Waals surface area contributed by atoms with E-state index >= 15 is 0 Å². The SMILES string of the molecule is CN(C(=O)OC(C)(C)C)C1CCCC(CC(=O)O)C1. The van der Waals surface area contributed by atoms with Gasteiger partial charge in [-0.2, -0.15) is 0 Å². The van der Waals surface area contributed by atoms with Gasteiger partial charge < -0.3 is 14.7 Å². The van der Waals surface area contributed by atoms with Crippen molar-refractivity contribution in [3.8, 4) is 0 Å². The highest BCUT2D eigenvalue weighted by atomic mass is 16.6. The average molecular weight is 271 g/mol. The molecule has 2 atom stereocenters. The normalized spacial score (nSPS) is 23.8. The van der Waals surface area contributed by atoms with Crippen molar-refractivity contribution < 1.29 is 19.4 Å². The number of ether oxygens (including phenoxy) is 1. The summed E-state index contributed by atoms with van der Waals surface area (Å²) in [6, 6.07) is 0.0907. The van der Waals surface area contributed by atoms with Gasteiger partial charge in [0.05, 0.1) is 0 Å². The van der Waals surface area contributed by atoms with E-state index in [0.717, 1.165) is 25.7 Å². The molecule has 1 aliphatic carbocycles. The van der Waals surface area contributed by atoms with E-state index in [4.69, 9.17) is 9.84 Å². The van der Waals surface area contributed by atoms with Gasteiger partial charge in [-0.05, 0) is 46.0 Å². The van der Waals surface area contributed by atoms with Crippen LogP contribution in [-0.2, 0) is 9.53 Å². The molecule has 1 saturated carbocycles. The van der Waals surface area contributed by atoms with E-state index in [2.05, 4.69) is 0 Å². The van der Waals surface area contributed by atoms with Crippen molar-refractivity contribution in [1.29, 1.82) is 0 Å². The number of carboxylic acid groups (broad SMARTS) is 1. The zero-order chi connectivity index (χ0) is 14.6. The first kappa shape index (κ1) is 15.8. The lowest BCUT2D eigenvalue weighted by Gasteiger charge is -2.35. The minimum atomic E-state index is -0.759. The molecule has 0 aliphatic heterocycles. The summed E-state index contributed by atoms with van der Waals surface area (Å²) in [7, 11) is 1.74. The molecule has 5 nitrogen and oxygen atoms in total. The van der Waals surface area contributed by atoms with Crippen LogP contribution < -0.4 is 0 Å². The molecule has 1 aliphatic rings. The highest BCUT2D eigenvalue weighted by Crippen LogP contribution is 2.30. The second kappa shape index (κ2) is 6.26. The van der Waals surface area contributed by atoms with E-state index in [0.29, 0.717) is 0 Å². The predicted molar refractivity (Wildman–Crippen MR) is 72.0 cm³/mol. The lowest BCUT2D eigenvalue weighted by atomic mass is 9.83. The van der Waals surface area contributed by atoms with Gasteiger partial charge in [-0.25, -0.2) is 4.79 Å². The summed E-state index contributed by atoms with van der Waals surface area (Å²) in [6.45, 7) is 5.52. The van der Waals surface area contributed by atoms with Gasteiger partial charge in [0.1, 0.15) is 5.60 Å². The second-order valence-electron chi connectivity index (χ2n) is 6.38. The van der Waals surface area contributed by atoms with Gasteiger partial charge in [-0.3, -0.25) is 4.79 Å². The molecule has 0 saturated heterocycles. The maximum Gasteiger partial charge on any atom is 0.410 e. The molecule has 0 spiro atoms. The van der Waals surface area contributed by atoms with Crippen molar-refractivity contribution in [2.75, 3.05) is 7.05 Å². The fraction of sp³-hybridized carbons (Fsp3) is 0.857. The molecule has 0 aromatic carbocycles. The summed E-state index contributed by atoms with van der Waals surface area (Å²) in [5.41, 5.74) is -0.500. The van der Waals surface area contributed by atoms with Gasteiger partial charge in [-0.1, -0.05) is 6.42 Å².